The molecule has 0 bridgehead atoms. The van der Waals surface area contributed by atoms with Gasteiger partial charge in [-0.15, -0.1) is 0 Å². The molecule has 0 spiro atoms. The molecule has 0 saturated carbocycles. The van der Waals surface area contributed by atoms with E-state index >= 15 is 0 Å². The Balaban J connectivity index is 2.16. The Morgan fingerprint density at radius 3 is 2.58 bits per heavy atom. The summed E-state index contributed by atoms with van der Waals surface area (Å²) >= 11 is 0. The highest BCUT2D eigenvalue weighted by Crippen LogP contribution is 2.27. The lowest BCUT2D eigenvalue weighted by Gasteiger charge is -2.20. The summed E-state index contributed by atoms with van der Waals surface area (Å²) in [7, 11) is 0. The smallest absolute Gasteiger partial charge is 0.126 e. The molecule has 0 amide bonds. The van der Waals surface area contributed by atoms with Crippen LogP contribution in [0.3, 0.4) is 0 Å². The molecule has 0 fully saturated rings. The fraction of sp³-hybridized carbons (Fsp3) is 0.312. The second-order valence-electron chi connectivity index (χ2n) is 5.66. The lowest BCUT2D eigenvalue weighted by atomic mass is 9.86. The Hall–Kier alpha value is -2.03. The van der Waals surface area contributed by atoms with Gasteiger partial charge < -0.3 is 10.4 Å². The van der Waals surface area contributed by atoms with Crippen LogP contribution in [-0.4, -0.2) is 10.1 Å². The lowest BCUT2D eigenvalue weighted by Crippen LogP contribution is -2.12. The van der Waals surface area contributed by atoms with Crippen LogP contribution in [0.1, 0.15) is 31.9 Å². The van der Waals surface area contributed by atoms with Crippen LogP contribution in [0.25, 0.3) is 0 Å². The fourth-order valence-corrected chi connectivity index (χ4v) is 1.85. The highest BCUT2D eigenvalue weighted by Gasteiger charge is 2.15. The van der Waals surface area contributed by atoms with Crippen LogP contribution in [0.5, 0.6) is 5.75 Å². The van der Waals surface area contributed by atoms with Gasteiger partial charge in [-0.25, -0.2) is 4.98 Å². The standard InChI is InChI=1S/C16H20N2O/c1-16(2,3)13-7-8-14(19)12(10-13)11-18-15-6-4-5-9-17-15/h4-10,19H,11H2,1-3H3,(H,17,18). The van der Waals surface area contributed by atoms with Gasteiger partial charge in [0.1, 0.15) is 11.6 Å². The number of phenolic OH excluding ortho intramolecular Hbond substituents is 1. The van der Waals surface area contributed by atoms with Gasteiger partial charge in [0.2, 0.25) is 0 Å². The summed E-state index contributed by atoms with van der Waals surface area (Å²) in [6.45, 7) is 7.05. The minimum absolute atomic E-state index is 0.0768. The topological polar surface area (TPSA) is 45.1 Å². The van der Waals surface area contributed by atoms with Gasteiger partial charge in [-0.3, -0.25) is 0 Å². The fourth-order valence-electron chi connectivity index (χ4n) is 1.85. The van der Waals surface area contributed by atoms with Gasteiger partial charge in [-0.05, 0) is 35.2 Å². The van der Waals surface area contributed by atoms with Gasteiger partial charge in [0.15, 0.2) is 0 Å². The van der Waals surface area contributed by atoms with Crippen molar-refractivity contribution in [1.82, 2.24) is 4.98 Å². The van der Waals surface area contributed by atoms with Gasteiger partial charge in [0, 0.05) is 18.3 Å². The van der Waals surface area contributed by atoms with Gasteiger partial charge >= 0.3 is 0 Å². The number of benzene rings is 1. The van der Waals surface area contributed by atoms with Gasteiger partial charge in [-0.2, -0.15) is 0 Å². The van der Waals surface area contributed by atoms with E-state index in [2.05, 4.69) is 31.1 Å². The number of phenols is 1. The van der Waals surface area contributed by atoms with Gasteiger partial charge in [-0.1, -0.05) is 32.9 Å². The normalized spacial score (nSPS) is 11.3. The van der Waals surface area contributed by atoms with E-state index in [1.165, 1.54) is 5.56 Å². The highest BCUT2D eigenvalue weighted by molar-refractivity contribution is 5.42. The molecule has 2 rings (SSSR count). The third kappa shape index (κ3) is 3.47. The molecule has 0 aliphatic rings. The van der Waals surface area contributed by atoms with Crippen LogP contribution in [0.4, 0.5) is 5.82 Å². The lowest BCUT2D eigenvalue weighted by molar-refractivity contribution is 0.467. The van der Waals surface area contributed by atoms with E-state index < -0.39 is 0 Å². The van der Waals surface area contributed by atoms with Crippen LogP contribution < -0.4 is 5.32 Å². The van der Waals surface area contributed by atoms with Crippen molar-refractivity contribution in [2.24, 2.45) is 0 Å². The number of pyridine rings is 1. The number of hydrogen-bond donors (Lipinski definition) is 2. The molecule has 100 valence electrons. The molecular weight excluding hydrogens is 236 g/mol. The molecular formula is C16H20N2O. The number of aromatic hydroxyl groups is 1. The molecule has 0 aliphatic heterocycles. The largest absolute Gasteiger partial charge is 0.508 e. The third-order valence-corrected chi connectivity index (χ3v) is 3.07. The Kier molecular flexibility index (Phi) is 3.74. The number of nitrogens with zero attached hydrogens (tertiary/aromatic N) is 1. The number of aromatic nitrogens is 1. The van der Waals surface area contributed by atoms with Crippen LogP contribution in [0, 0.1) is 0 Å². The van der Waals surface area contributed by atoms with Crippen molar-refractivity contribution in [3.05, 3.63) is 53.7 Å². The SMILES string of the molecule is CC(C)(C)c1ccc(O)c(CNc2ccccn2)c1. The Morgan fingerprint density at radius 2 is 1.95 bits per heavy atom. The molecule has 19 heavy (non-hydrogen) atoms. The van der Waals surface area contributed by atoms with Crippen LogP contribution in [0.15, 0.2) is 42.6 Å². The maximum atomic E-state index is 9.92. The summed E-state index contributed by atoms with van der Waals surface area (Å²) in [6, 6.07) is 11.5. The summed E-state index contributed by atoms with van der Waals surface area (Å²) in [5.41, 5.74) is 2.18. The maximum absolute atomic E-state index is 9.92. The van der Waals surface area contributed by atoms with E-state index in [0.717, 1.165) is 11.4 Å². The predicted octanol–water partition coefficient (Wildman–Crippen LogP) is 3.70. The minimum Gasteiger partial charge on any atom is -0.508 e. The quantitative estimate of drug-likeness (QED) is 0.880. The van der Waals surface area contributed by atoms with Crippen molar-refractivity contribution >= 4 is 5.82 Å². The van der Waals surface area contributed by atoms with E-state index in [0.29, 0.717) is 12.3 Å². The zero-order chi connectivity index (χ0) is 13.9. The molecule has 0 unspecified atom stereocenters. The number of anilines is 1. The van der Waals surface area contributed by atoms with E-state index in [4.69, 9.17) is 0 Å². The second-order valence-corrected chi connectivity index (χ2v) is 5.66. The minimum atomic E-state index is 0.0768. The molecule has 3 heteroatoms. The van der Waals surface area contributed by atoms with Crippen molar-refractivity contribution in [2.75, 3.05) is 5.32 Å². The molecule has 0 aliphatic carbocycles. The summed E-state index contributed by atoms with van der Waals surface area (Å²) in [4.78, 5) is 4.20. The van der Waals surface area contributed by atoms with Crippen molar-refractivity contribution in [1.29, 1.82) is 0 Å². The first-order chi connectivity index (χ1) is 8.97. The monoisotopic (exact) mass is 256 g/mol. The summed E-state index contributed by atoms with van der Waals surface area (Å²) in [6.07, 6.45) is 1.74. The molecule has 1 heterocycles. The molecule has 0 radical (unpaired) electrons. The van der Waals surface area contributed by atoms with Crippen LogP contribution in [-0.2, 0) is 12.0 Å². The predicted molar refractivity (Wildman–Crippen MR) is 78.4 cm³/mol. The van der Waals surface area contributed by atoms with E-state index in [1.54, 1.807) is 12.3 Å². The van der Waals surface area contributed by atoms with Gasteiger partial charge in [0.05, 0.1) is 0 Å². The molecule has 1 aromatic heterocycles. The third-order valence-electron chi connectivity index (χ3n) is 3.07. The van der Waals surface area contributed by atoms with Crippen LogP contribution >= 0.6 is 0 Å². The first-order valence-corrected chi connectivity index (χ1v) is 6.44. The zero-order valence-electron chi connectivity index (χ0n) is 11.6. The summed E-state index contributed by atoms with van der Waals surface area (Å²) < 4.78 is 0. The molecule has 2 N–H and O–H groups in total. The summed E-state index contributed by atoms with van der Waals surface area (Å²) in [5, 5.41) is 13.1. The highest BCUT2D eigenvalue weighted by atomic mass is 16.3. The zero-order valence-corrected chi connectivity index (χ0v) is 11.6. The van der Waals surface area contributed by atoms with E-state index in [9.17, 15) is 5.11 Å². The van der Waals surface area contributed by atoms with Crippen molar-refractivity contribution in [2.45, 2.75) is 32.7 Å². The Bertz CT molecular complexity index is 544. The van der Waals surface area contributed by atoms with Crippen molar-refractivity contribution in [3.63, 3.8) is 0 Å². The Labute approximate surface area is 114 Å². The molecule has 1 aromatic carbocycles. The van der Waals surface area contributed by atoms with E-state index in [1.807, 2.05) is 30.3 Å². The van der Waals surface area contributed by atoms with Gasteiger partial charge in [0.25, 0.3) is 0 Å². The second kappa shape index (κ2) is 5.31. The first kappa shape index (κ1) is 13.4. The molecule has 2 aromatic rings. The van der Waals surface area contributed by atoms with Crippen LogP contribution in [0.2, 0.25) is 0 Å². The van der Waals surface area contributed by atoms with Crippen molar-refractivity contribution in [3.8, 4) is 5.75 Å². The Morgan fingerprint density at radius 1 is 1.16 bits per heavy atom. The average molecular weight is 256 g/mol. The molecule has 3 nitrogen and oxygen atoms in total. The average Bonchev–Trinajstić information content (AvgIpc) is 2.37. The number of rotatable bonds is 3. The first-order valence-electron chi connectivity index (χ1n) is 6.44. The molecule has 0 atom stereocenters. The number of hydrogen-bond acceptors (Lipinski definition) is 3. The summed E-state index contributed by atoms with van der Waals surface area (Å²) in [5.74, 6) is 1.12. The molecule has 0 saturated heterocycles. The number of nitrogens with one attached hydrogen (secondary N) is 1. The van der Waals surface area contributed by atoms with Crippen molar-refractivity contribution < 1.29 is 5.11 Å². The maximum Gasteiger partial charge on any atom is 0.126 e. The van der Waals surface area contributed by atoms with E-state index in [-0.39, 0.29) is 5.41 Å².